The Labute approximate surface area is 100 Å². The number of aromatic nitrogens is 3. The molecule has 0 saturated carbocycles. The van der Waals surface area contributed by atoms with Gasteiger partial charge < -0.3 is 5.32 Å². The first-order valence-corrected chi connectivity index (χ1v) is 4.99. The van der Waals surface area contributed by atoms with E-state index in [9.17, 15) is 4.39 Å². The van der Waals surface area contributed by atoms with Gasteiger partial charge in [-0.3, -0.25) is 0 Å². The average Bonchev–Trinajstić information content (AvgIpc) is 2.27. The molecule has 0 amide bonds. The highest BCUT2D eigenvalue weighted by atomic mass is 35.5. The van der Waals surface area contributed by atoms with Crippen molar-refractivity contribution in [2.45, 2.75) is 0 Å². The molecule has 1 N–H and O–H groups in total. The number of nitrogens with one attached hydrogen (secondary N) is 1. The minimum atomic E-state index is -0.324. The van der Waals surface area contributed by atoms with Crippen molar-refractivity contribution in [1.29, 1.82) is 0 Å². The van der Waals surface area contributed by atoms with Crippen molar-refractivity contribution in [2.75, 3.05) is 5.32 Å². The van der Waals surface area contributed by atoms with Gasteiger partial charge in [-0.05, 0) is 35.9 Å². The molecule has 7 heteroatoms. The molecule has 1 aromatic carbocycles. The van der Waals surface area contributed by atoms with Gasteiger partial charge in [0.25, 0.3) is 0 Å². The molecule has 16 heavy (non-hydrogen) atoms. The molecule has 0 aliphatic heterocycles. The molecule has 0 unspecified atom stereocenters. The van der Waals surface area contributed by atoms with E-state index < -0.39 is 0 Å². The van der Waals surface area contributed by atoms with Gasteiger partial charge in [0.05, 0.1) is 0 Å². The molecular weight excluding hydrogens is 254 g/mol. The maximum atomic E-state index is 12.7. The van der Waals surface area contributed by atoms with Crippen molar-refractivity contribution in [3.05, 3.63) is 40.5 Å². The molecular formula is C9H5Cl2FN4. The molecule has 1 aromatic heterocycles. The lowest BCUT2D eigenvalue weighted by molar-refractivity contribution is 0.628. The Morgan fingerprint density at radius 3 is 2.44 bits per heavy atom. The third-order valence-electron chi connectivity index (χ3n) is 1.73. The second kappa shape index (κ2) is 4.59. The number of benzene rings is 1. The zero-order valence-electron chi connectivity index (χ0n) is 7.78. The third kappa shape index (κ3) is 2.56. The van der Waals surface area contributed by atoms with E-state index in [4.69, 9.17) is 23.2 Å². The number of halogens is 3. The fraction of sp³-hybridized carbons (Fsp3) is 0. The monoisotopic (exact) mass is 258 g/mol. The predicted molar refractivity (Wildman–Crippen MR) is 59.5 cm³/mol. The highest BCUT2D eigenvalue weighted by Gasteiger charge is 2.06. The largest absolute Gasteiger partial charge is 0.337 e. The Hall–Kier alpha value is -1.46. The van der Waals surface area contributed by atoms with Gasteiger partial charge in [0.15, 0.2) is 11.0 Å². The van der Waals surface area contributed by atoms with Crippen molar-refractivity contribution in [2.24, 2.45) is 0 Å². The van der Waals surface area contributed by atoms with Crippen LogP contribution in [0.15, 0.2) is 24.3 Å². The molecule has 0 fully saturated rings. The maximum absolute atomic E-state index is 12.7. The first-order valence-electron chi connectivity index (χ1n) is 4.23. The lowest BCUT2D eigenvalue weighted by Crippen LogP contribution is -1.98. The predicted octanol–water partition coefficient (Wildman–Crippen LogP) is 3.06. The highest BCUT2D eigenvalue weighted by molar-refractivity contribution is 6.32. The molecule has 0 aliphatic rings. The van der Waals surface area contributed by atoms with E-state index >= 15 is 0 Å². The molecule has 4 nitrogen and oxygen atoms in total. The lowest BCUT2D eigenvalue weighted by atomic mass is 10.3. The summed E-state index contributed by atoms with van der Waals surface area (Å²) in [5.74, 6) is -0.0521. The molecule has 0 aliphatic carbocycles. The summed E-state index contributed by atoms with van der Waals surface area (Å²) >= 11 is 11.3. The second-order valence-corrected chi connectivity index (χ2v) is 3.55. The van der Waals surface area contributed by atoms with E-state index in [1.54, 1.807) is 12.1 Å². The number of hydrogen-bond donors (Lipinski definition) is 1. The molecule has 0 bridgehead atoms. The fourth-order valence-electron chi connectivity index (χ4n) is 1.04. The summed E-state index contributed by atoms with van der Waals surface area (Å²) < 4.78 is 12.7. The van der Waals surface area contributed by atoms with E-state index in [2.05, 4.69) is 20.5 Å². The molecule has 0 atom stereocenters. The van der Waals surface area contributed by atoms with Crippen molar-refractivity contribution < 1.29 is 4.39 Å². The van der Waals surface area contributed by atoms with E-state index in [0.717, 1.165) is 0 Å². The minimum absolute atomic E-state index is 0.0194. The number of hydrogen-bond acceptors (Lipinski definition) is 4. The van der Waals surface area contributed by atoms with Crippen molar-refractivity contribution in [3.63, 3.8) is 0 Å². The minimum Gasteiger partial charge on any atom is -0.337 e. The molecule has 2 aromatic rings. The van der Waals surface area contributed by atoms with Crippen LogP contribution in [0.25, 0.3) is 0 Å². The lowest BCUT2D eigenvalue weighted by Gasteiger charge is -2.05. The Morgan fingerprint density at radius 1 is 1.06 bits per heavy atom. The van der Waals surface area contributed by atoms with Gasteiger partial charge in [-0.15, -0.1) is 10.2 Å². The van der Waals surface area contributed by atoms with Gasteiger partial charge in [-0.25, -0.2) is 4.39 Å². The van der Waals surface area contributed by atoms with Gasteiger partial charge in [-0.2, -0.15) is 4.98 Å². The van der Waals surface area contributed by atoms with Gasteiger partial charge in [0, 0.05) is 5.69 Å². The van der Waals surface area contributed by atoms with E-state index in [1.165, 1.54) is 12.1 Å². The van der Waals surface area contributed by atoms with Crippen LogP contribution in [0.4, 0.5) is 15.9 Å². The molecule has 1 heterocycles. The Bertz CT molecular complexity index is 503. The van der Waals surface area contributed by atoms with Gasteiger partial charge >= 0.3 is 0 Å². The summed E-state index contributed by atoms with van der Waals surface area (Å²) in [6.07, 6.45) is 0. The van der Waals surface area contributed by atoms with Crippen LogP contribution in [0.1, 0.15) is 0 Å². The van der Waals surface area contributed by atoms with E-state index in [1.807, 2.05) is 0 Å². The average molecular weight is 259 g/mol. The zero-order chi connectivity index (χ0) is 11.5. The smallest absolute Gasteiger partial charge is 0.245 e. The first-order chi connectivity index (χ1) is 7.65. The van der Waals surface area contributed by atoms with Crippen LogP contribution in [0.2, 0.25) is 10.4 Å². The van der Waals surface area contributed by atoms with Crippen molar-refractivity contribution in [1.82, 2.24) is 15.2 Å². The van der Waals surface area contributed by atoms with Crippen LogP contribution in [0.3, 0.4) is 0 Å². The Balaban J connectivity index is 2.26. The second-order valence-electron chi connectivity index (χ2n) is 2.85. The molecule has 0 spiro atoms. The topological polar surface area (TPSA) is 50.7 Å². The molecule has 82 valence electrons. The van der Waals surface area contributed by atoms with Gasteiger partial charge in [0.1, 0.15) is 5.82 Å². The summed E-state index contributed by atoms with van der Waals surface area (Å²) in [6, 6.07) is 5.71. The first kappa shape index (κ1) is 11.0. The summed E-state index contributed by atoms with van der Waals surface area (Å²) in [6.45, 7) is 0. The molecule has 0 radical (unpaired) electrons. The standard InChI is InChI=1S/C9H5Cl2FN4/c10-7-8(14-9(11)16-15-7)13-6-3-1-5(12)2-4-6/h1-4H,(H,13,14,16). The molecule has 0 saturated heterocycles. The van der Waals surface area contributed by atoms with Crippen LogP contribution in [0, 0.1) is 5.82 Å². The van der Waals surface area contributed by atoms with Gasteiger partial charge in [-0.1, -0.05) is 11.6 Å². The van der Waals surface area contributed by atoms with Crippen molar-refractivity contribution in [3.8, 4) is 0 Å². The van der Waals surface area contributed by atoms with Crippen molar-refractivity contribution >= 4 is 34.7 Å². The Kier molecular flexibility index (Phi) is 3.17. The molecule has 2 rings (SSSR count). The highest BCUT2D eigenvalue weighted by Crippen LogP contribution is 2.21. The van der Waals surface area contributed by atoms with Crippen LogP contribution in [-0.4, -0.2) is 15.2 Å². The van der Waals surface area contributed by atoms with Crippen LogP contribution < -0.4 is 5.32 Å². The number of anilines is 2. The number of nitrogens with zero attached hydrogens (tertiary/aromatic N) is 3. The summed E-state index contributed by atoms with van der Waals surface area (Å²) in [4.78, 5) is 3.85. The van der Waals surface area contributed by atoms with Gasteiger partial charge in [0.2, 0.25) is 5.28 Å². The summed E-state index contributed by atoms with van der Waals surface area (Å²) in [5, 5.41) is 9.96. The zero-order valence-corrected chi connectivity index (χ0v) is 9.30. The maximum Gasteiger partial charge on any atom is 0.245 e. The quantitative estimate of drug-likeness (QED) is 0.900. The van der Waals surface area contributed by atoms with E-state index in [0.29, 0.717) is 5.69 Å². The van der Waals surface area contributed by atoms with Crippen LogP contribution in [-0.2, 0) is 0 Å². The normalized spacial score (nSPS) is 10.2. The fourth-order valence-corrected chi connectivity index (χ4v) is 1.29. The summed E-state index contributed by atoms with van der Waals surface area (Å²) in [5.41, 5.74) is 0.625. The third-order valence-corrected chi connectivity index (χ3v) is 2.14. The number of rotatable bonds is 2. The Morgan fingerprint density at radius 2 is 1.75 bits per heavy atom. The van der Waals surface area contributed by atoms with Crippen LogP contribution in [0.5, 0.6) is 0 Å². The van der Waals surface area contributed by atoms with Crippen LogP contribution >= 0.6 is 23.2 Å². The van der Waals surface area contributed by atoms with E-state index in [-0.39, 0.29) is 22.1 Å². The SMILES string of the molecule is Fc1ccc(Nc2nc(Cl)nnc2Cl)cc1. The summed E-state index contributed by atoms with van der Waals surface area (Å²) in [7, 11) is 0.